The molecule has 4 nitrogen and oxygen atoms in total. The van der Waals surface area contributed by atoms with Crippen LogP contribution >= 0.6 is 0 Å². The van der Waals surface area contributed by atoms with Gasteiger partial charge in [-0.05, 0) is 58.0 Å². The molecular weight excluding hydrogens is 252 g/mol. The summed E-state index contributed by atoms with van der Waals surface area (Å²) in [5, 5.41) is 13.3. The van der Waals surface area contributed by atoms with Crippen molar-refractivity contribution in [3.63, 3.8) is 0 Å². The number of nitrogens with zero attached hydrogens (tertiary/aromatic N) is 1. The zero-order chi connectivity index (χ0) is 14.5. The van der Waals surface area contributed by atoms with Gasteiger partial charge in [0.05, 0.1) is 7.11 Å². The number of phenolic OH excluding ortho intramolecular Hbond substituents is 1. The summed E-state index contributed by atoms with van der Waals surface area (Å²) in [6.45, 7) is 0.762. The first-order valence-electron chi connectivity index (χ1n) is 7.37. The Balaban J connectivity index is 1.96. The van der Waals surface area contributed by atoms with Gasteiger partial charge in [0, 0.05) is 24.2 Å². The van der Waals surface area contributed by atoms with Gasteiger partial charge in [-0.2, -0.15) is 0 Å². The second-order valence-electron chi connectivity index (χ2n) is 5.70. The molecule has 0 heterocycles. The number of ether oxygens (including phenoxy) is 1. The third-order valence-electron chi connectivity index (χ3n) is 4.43. The van der Waals surface area contributed by atoms with Crippen LogP contribution in [0.1, 0.15) is 31.2 Å². The highest BCUT2D eigenvalue weighted by Crippen LogP contribution is 2.27. The molecule has 0 aliphatic heterocycles. The van der Waals surface area contributed by atoms with Crippen LogP contribution in [0.3, 0.4) is 0 Å². The first kappa shape index (κ1) is 15.1. The molecule has 112 valence electrons. The predicted molar refractivity (Wildman–Crippen MR) is 81.2 cm³/mol. The summed E-state index contributed by atoms with van der Waals surface area (Å²) in [5.74, 6) is 1.15. The third-order valence-corrected chi connectivity index (χ3v) is 4.43. The summed E-state index contributed by atoms with van der Waals surface area (Å²) < 4.78 is 5.23. The first-order chi connectivity index (χ1) is 9.63. The molecule has 2 rings (SSSR count). The predicted octanol–water partition coefficient (Wildman–Crippen LogP) is 2.36. The van der Waals surface area contributed by atoms with Crippen molar-refractivity contribution in [1.82, 2.24) is 10.2 Å². The molecule has 0 spiro atoms. The summed E-state index contributed by atoms with van der Waals surface area (Å²) in [6, 6.07) is 6.69. The molecule has 2 N–H and O–H groups in total. The van der Waals surface area contributed by atoms with Crippen LogP contribution in [0.25, 0.3) is 0 Å². The second-order valence-corrected chi connectivity index (χ2v) is 5.70. The third kappa shape index (κ3) is 3.64. The molecule has 0 bridgehead atoms. The van der Waals surface area contributed by atoms with Crippen molar-refractivity contribution >= 4 is 0 Å². The molecule has 1 aromatic rings. The van der Waals surface area contributed by atoms with Crippen molar-refractivity contribution in [3.05, 3.63) is 23.8 Å². The van der Waals surface area contributed by atoms with Gasteiger partial charge in [-0.1, -0.05) is 0 Å². The zero-order valence-electron chi connectivity index (χ0n) is 12.7. The van der Waals surface area contributed by atoms with E-state index in [0.717, 1.165) is 17.9 Å². The van der Waals surface area contributed by atoms with Crippen LogP contribution in [0.15, 0.2) is 18.2 Å². The SMILES string of the molecule is CNC1CCC(N(C)Cc2cc(OC)ccc2O)CC1. The van der Waals surface area contributed by atoms with E-state index in [1.54, 1.807) is 19.2 Å². The number of benzene rings is 1. The maximum Gasteiger partial charge on any atom is 0.120 e. The summed E-state index contributed by atoms with van der Waals surface area (Å²) in [5.41, 5.74) is 0.933. The highest BCUT2D eigenvalue weighted by Gasteiger charge is 2.23. The van der Waals surface area contributed by atoms with Crippen molar-refractivity contribution in [1.29, 1.82) is 0 Å². The average Bonchev–Trinajstić information content (AvgIpc) is 2.49. The van der Waals surface area contributed by atoms with Crippen molar-refractivity contribution < 1.29 is 9.84 Å². The number of methoxy groups -OCH3 is 1. The van der Waals surface area contributed by atoms with Crippen LogP contribution in [-0.2, 0) is 6.54 Å². The minimum absolute atomic E-state index is 0.349. The monoisotopic (exact) mass is 278 g/mol. The minimum atomic E-state index is 0.349. The van der Waals surface area contributed by atoms with Crippen LogP contribution < -0.4 is 10.1 Å². The average molecular weight is 278 g/mol. The number of aromatic hydroxyl groups is 1. The lowest BCUT2D eigenvalue weighted by atomic mass is 9.90. The van der Waals surface area contributed by atoms with E-state index in [2.05, 4.69) is 17.3 Å². The quantitative estimate of drug-likeness (QED) is 0.868. The van der Waals surface area contributed by atoms with E-state index in [-0.39, 0.29) is 0 Å². The van der Waals surface area contributed by atoms with Gasteiger partial charge in [0.15, 0.2) is 0 Å². The molecule has 0 atom stereocenters. The highest BCUT2D eigenvalue weighted by molar-refractivity contribution is 5.39. The van der Waals surface area contributed by atoms with Crippen LogP contribution in [0, 0.1) is 0 Å². The van der Waals surface area contributed by atoms with Gasteiger partial charge in [0.25, 0.3) is 0 Å². The van der Waals surface area contributed by atoms with Gasteiger partial charge in [-0.3, -0.25) is 4.90 Å². The molecule has 0 amide bonds. The van der Waals surface area contributed by atoms with Crippen molar-refractivity contribution in [2.24, 2.45) is 0 Å². The van der Waals surface area contributed by atoms with Crippen LogP contribution in [-0.4, -0.2) is 43.3 Å². The highest BCUT2D eigenvalue weighted by atomic mass is 16.5. The van der Waals surface area contributed by atoms with Crippen LogP contribution in [0.4, 0.5) is 0 Å². The number of hydrogen-bond acceptors (Lipinski definition) is 4. The lowest BCUT2D eigenvalue weighted by Gasteiger charge is -2.34. The Hall–Kier alpha value is -1.26. The molecule has 0 aromatic heterocycles. The van der Waals surface area contributed by atoms with E-state index in [1.165, 1.54) is 25.7 Å². The van der Waals surface area contributed by atoms with Crippen LogP contribution in [0.2, 0.25) is 0 Å². The molecule has 1 aliphatic rings. The molecule has 1 fully saturated rings. The Morgan fingerprint density at radius 1 is 1.30 bits per heavy atom. The summed E-state index contributed by atoms with van der Waals surface area (Å²) >= 11 is 0. The number of phenols is 1. The van der Waals surface area contributed by atoms with Gasteiger partial charge in [0.1, 0.15) is 11.5 Å². The fourth-order valence-electron chi connectivity index (χ4n) is 3.02. The normalized spacial score (nSPS) is 23.0. The molecule has 0 saturated heterocycles. The van der Waals surface area contributed by atoms with Crippen molar-refractivity contribution in [2.75, 3.05) is 21.2 Å². The summed E-state index contributed by atoms with van der Waals surface area (Å²) in [4.78, 5) is 2.35. The summed E-state index contributed by atoms with van der Waals surface area (Å²) in [6.07, 6.45) is 4.89. The molecule has 1 aromatic carbocycles. The Labute approximate surface area is 121 Å². The topological polar surface area (TPSA) is 44.7 Å². The van der Waals surface area contributed by atoms with Crippen molar-refractivity contribution in [2.45, 2.75) is 44.3 Å². The van der Waals surface area contributed by atoms with Crippen molar-refractivity contribution in [3.8, 4) is 11.5 Å². The van der Waals surface area contributed by atoms with Gasteiger partial charge in [-0.15, -0.1) is 0 Å². The Morgan fingerprint density at radius 3 is 2.60 bits per heavy atom. The Kier molecular flexibility index (Phi) is 5.26. The van der Waals surface area contributed by atoms with E-state index in [4.69, 9.17) is 4.74 Å². The number of rotatable bonds is 5. The second kappa shape index (κ2) is 6.95. The number of nitrogens with one attached hydrogen (secondary N) is 1. The molecule has 1 saturated carbocycles. The van der Waals surface area contributed by atoms with Crippen LogP contribution in [0.5, 0.6) is 11.5 Å². The minimum Gasteiger partial charge on any atom is -0.508 e. The molecular formula is C16H26N2O2. The summed E-state index contributed by atoms with van der Waals surface area (Å²) in [7, 11) is 5.84. The van der Waals surface area contributed by atoms with Gasteiger partial charge in [0.2, 0.25) is 0 Å². The largest absolute Gasteiger partial charge is 0.508 e. The molecule has 0 radical (unpaired) electrons. The van der Waals surface area contributed by atoms with Gasteiger partial charge >= 0.3 is 0 Å². The van der Waals surface area contributed by atoms with E-state index in [9.17, 15) is 5.11 Å². The maximum atomic E-state index is 9.97. The number of hydrogen-bond donors (Lipinski definition) is 2. The first-order valence-corrected chi connectivity index (χ1v) is 7.37. The fraction of sp³-hybridized carbons (Fsp3) is 0.625. The lowest BCUT2D eigenvalue weighted by molar-refractivity contribution is 0.168. The molecule has 0 unspecified atom stereocenters. The smallest absolute Gasteiger partial charge is 0.120 e. The molecule has 1 aliphatic carbocycles. The fourth-order valence-corrected chi connectivity index (χ4v) is 3.02. The Bertz CT molecular complexity index is 428. The van der Waals surface area contributed by atoms with E-state index < -0.39 is 0 Å². The van der Waals surface area contributed by atoms with E-state index in [0.29, 0.717) is 17.8 Å². The maximum absolute atomic E-state index is 9.97. The van der Waals surface area contributed by atoms with Gasteiger partial charge < -0.3 is 15.2 Å². The van der Waals surface area contributed by atoms with Gasteiger partial charge in [-0.25, -0.2) is 0 Å². The Morgan fingerprint density at radius 2 is 2.00 bits per heavy atom. The van der Waals surface area contributed by atoms with E-state index in [1.807, 2.05) is 13.1 Å². The lowest BCUT2D eigenvalue weighted by Crippen LogP contribution is -2.39. The van der Waals surface area contributed by atoms with E-state index >= 15 is 0 Å². The standard InChI is InChI=1S/C16H26N2O2/c1-17-13-4-6-14(7-5-13)18(2)11-12-10-15(20-3)8-9-16(12)19/h8-10,13-14,17,19H,4-7,11H2,1-3H3. The molecule has 20 heavy (non-hydrogen) atoms. The zero-order valence-corrected chi connectivity index (χ0v) is 12.7. The molecule has 4 heteroatoms.